The van der Waals surface area contributed by atoms with Crippen molar-refractivity contribution >= 4 is 5.78 Å². The quantitative estimate of drug-likeness (QED) is 0.380. The monoisotopic (exact) mass is 490 g/mol. The Balaban J connectivity index is 1.59. The van der Waals surface area contributed by atoms with Crippen molar-refractivity contribution in [1.82, 2.24) is 0 Å². The summed E-state index contributed by atoms with van der Waals surface area (Å²) < 4.78 is 0. The summed E-state index contributed by atoms with van der Waals surface area (Å²) in [6.45, 7) is 10.2. The van der Waals surface area contributed by atoms with Gasteiger partial charge in [0.1, 0.15) is 6.10 Å². The van der Waals surface area contributed by atoms with Gasteiger partial charge in [0.05, 0.1) is 30.8 Å². The predicted molar refractivity (Wildman–Crippen MR) is 132 cm³/mol. The van der Waals surface area contributed by atoms with Crippen LogP contribution >= 0.6 is 0 Å². The first-order valence-electron chi connectivity index (χ1n) is 13.7. The van der Waals surface area contributed by atoms with E-state index in [0.717, 1.165) is 37.7 Å². The molecule has 0 heterocycles. The molecule has 4 saturated carbocycles. The summed E-state index contributed by atoms with van der Waals surface area (Å²) in [7, 11) is 0. The van der Waals surface area contributed by atoms with E-state index >= 15 is 0 Å². The zero-order valence-corrected chi connectivity index (χ0v) is 22.2. The molecular formula is C29H46O6. The maximum atomic E-state index is 13.1. The summed E-state index contributed by atoms with van der Waals surface area (Å²) in [6.07, 6.45) is 5.51. The molecule has 6 nitrogen and oxygen atoms in total. The van der Waals surface area contributed by atoms with Crippen LogP contribution in [0.3, 0.4) is 0 Å². The Hall–Kier alpha value is -0.790. The van der Waals surface area contributed by atoms with Crippen LogP contribution in [0, 0.1) is 44.3 Å². The zero-order chi connectivity index (χ0) is 25.8. The fourth-order valence-corrected chi connectivity index (χ4v) is 10.5. The van der Waals surface area contributed by atoms with Crippen LogP contribution in [0.2, 0.25) is 0 Å². The molecule has 0 saturated heterocycles. The van der Waals surface area contributed by atoms with Crippen molar-refractivity contribution in [3.63, 3.8) is 0 Å². The smallest absolute Gasteiger partial charge is 0.172 e. The Labute approximate surface area is 209 Å². The number of ketones is 1. The molecule has 0 radical (unpaired) electrons. The van der Waals surface area contributed by atoms with E-state index in [1.54, 1.807) is 0 Å². The number of allylic oxidation sites excluding steroid dienone is 1. The standard InChI is InChI=1S/C29H46O6/c1-24(2)10-11-28(14-24)21(33)13-27(5)17(22(28)34)6-7-19-25(3)12-18(32)23(35)29(15-30,16-31)20(25)8-9-26(19,27)4/h6,18-22,30-34H,7-16H2,1-5H3/t18-,19?,20?,21+,22-,25-,26-,27-,28+/m1/s1. The highest BCUT2D eigenvalue weighted by atomic mass is 16.3. The number of carbonyl (C=O) groups is 1. The lowest BCUT2D eigenvalue weighted by Crippen LogP contribution is -2.69. The van der Waals surface area contributed by atoms with E-state index in [2.05, 4.69) is 40.7 Å². The molecule has 1 spiro atoms. The number of rotatable bonds is 2. The highest BCUT2D eigenvalue weighted by molar-refractivity contribution is 5.90. The second-order valence-corrected chi connectivity index (χ2v) is 14.5. The molecule has 5 rings (SSSR count). The molecule has 6 heteroatoms. The lowest BCUT2D eigenvalue weighted by atomic mass is 9.34. The van der Waals surface area contributed by atoms with Gasteiger partial charge in [-0.2, -0.15) is 0 Å². The number of hydrogen-bond acceptors (Lipinski definition) is 6. The van der Waals surface area contributed by atoms with Gasteiger partial charge in [-0.1, -0.05) is 40.7 Å². The summed E-state index contributed by atoms with van der Waals surface area (Å²) in [6, 6.07) is 0. The molecule has 0 amide bonds. The van der Waals surface area contributed by atoms with Crippen molar-refractivity contribution < 1.29 is 30.3 Å². The van der Waals surface area contributed by atoms with Crippen LogP contribution in [-0.2, 0) is 4.79 Å². The average molecular weight is 491 g/mol. The first-order valence-corrected chi connectivity index (χ1v) is 13.7. The first kappa shape index (κ1) is 25.8. The molecule has 198 valence electrons. The number of aliphatic hydroxyl groups is 5. The second kappa shape index (κ2) is 7.63. The molecule has 5 N–H and O–H groups in total. The SMILES string of the molecule is CC1(C)CC[C@@]2(C1)[C@H](O)C1=CCC3[C@@]4(C)C[C@@H](O)C(=O)C(CO)(CO)C4CC[C@@]3(C)[C@]1(C)C[C@@H]2O. The summed E-state index contributed by atoms with van der Waals surface area (Å²) in [5.74, 6) is -0.560. The van der Waals surface area contributed by atoms with Gasteiger partial charge in [-0.15, -0.1) is 0 Å². The average Bonchev–Trinajstić information content (AvgIpc) is 3.12. The van der Waals surface area contributed by atoms with Crippen molar-refractivity contribution in [3.8, 4) is 0 Å². The first-order chi connectivity index (χ1) is 16.2. The van der Waals surface area contributed by atoms with E-state index in [0.29, 0.717) is 19.3 Å². The van der Waals surface area contributed by atoms with Crippen LogP contribution in [-0.4, -0.2) is 62.8 Å². The minimum absolute atomic E-state index is 0.0937. The van der Waals surface area contributed by atoms with E-state index < -0.39 is 59.0 Å². The van der Waals surface area contributed by atoms with Crippen LogP contribution in [0.25, 0.3) is 0 Å². The van der Waals surface area contributed by atoms with Crippen LogP contribution in [0.4, 0.5) is 0 Å². The van der Waals surface area contributed by atoms with Gasteiger partial charge in [-0.3, -0.25) is 4.79 Å². The van der Waals surface area contributed by atoms with Crippen LogP contribution < -0.4 is 0 Å². The summed E-state index contributed by atoms with van der Waals surface area (Å²) in [5, 5.41) is 55.1. The van der Waals surface area contributed by atoms with E-state index in [1.165, 1.54) is 0 Å². The van der Waals surface area contributed by atoms with Gasteiger partial charge in [0.2, 0.25) is 0 Å². The fourth-order valence-electron chi connectivity index (χ4n) is 10.5. The Morgan fingerprint density at radius 3 is 2.14 bits per heavy atom. The van der Waals surface area contributed by atoms with E-state index in [1.807, 2.05) is 0 Å². The number of carbonyl (C=O) groups excluding carboxylic acids is 1. The largest absolute Gasteiger partial charge is 0.395 e. The molecule has 5 aliphatic carbocycles. The Bertz CT molecular complexity index is 937. The van der Waals surface area contributed by atoms with E-state index in [-0.39, 0.29) is 22.7 Å². The van der Waals surface area contributed by atoms with Crippen LogP contribution in [0.5, 0.6) is 0 Å². The van der Waals surface area contributed by atoms with Crippen LogP contribution in [0.1, 0.15) is 86.0 Å². The number of Topliss-reactive ketones (excluding diaryl/α,β-unsaturated/α-hetero) is 1. The van der Waals surface area contributed by atoms with E-state index in [4.69, 9.17) is 0 Å². The summed E-state index contributed by atoms with van der Waals surface area (Å²) >= 11 is 0. The third-order valence-corrected chi connectivity index (χ3v) is 12.6. The molecule has 4 fully saturated rings. The minimum Gasteiger partial charge on any atom is -0.395 e. The topological polar surface area (TPSA) is 118 Å². The minimum atomic E-state index is -1.33. The maximum absolute atomic E-state index is 13.1. The van der Waals surface area contributed by atoms with Crippen molar-refractivity contribution in [2.75, 3.05) is 13.2 Å². The molecule has 0 aliphatic heterocycles. The predicted octanol–water partition coefficient (Wildman–Crippen LogP) is 2.99. The highest BCUT2D eigenvalue weighted by Crippen LogP contribution is 2.74. The van der Waals surface area contributed by atoms with Crippen molar-refractivity contribution in [3.05, 3.63) is 11.6 Å². The molecule has 0 aromatic carbocycles. The number of hydrogen-bond donors (Lipinski definition) is 5. The number of aliphatic hydroxyl groups excluding tert-OH is 5. The van der Waals surface area contributed by atoms with Gasteiger partial charge in [0.25, 0.3) is 0 Å². The molecule has 0 bridgehead atoms. The van der Waals surface area contributed by atoms with Gasteiger partial charge in [0, 0.05) is 5.41 Å². The van der Waals surface area contributed by atoms with Crippen LogP contribution in [0.15, 0.2) is 11.6 Å². The second-order valence-electron chi connectivity index (χ2n) is 14.5. The Morgan fingerprint density at radius 1 is 0.914 bits per heavy atom. The molecule has 9 atom stereocenters. The molecule has 35 heavy (non-hydrogen) atoms. The number of fused-ring (bicyclic) bond motifs is 5. The van der Waals surface area contributed by atoms with Gasteiger partial charge in [-0.05, 0) is 90.4 Å². The maximum Gasteiger partial charge on any atom is 0.172 e. The lowest BCUT2D eigenvalue weighted by Gasteiger charge is -2.70. The lowest BCUT2D eigenvalue weighted by molar-refractivity contribution is -0.221. The van der Waals surface area contributed by atoms with Crippen molar-refractivity contribution in [2.24, 2.45) is 44.3 Å². The Kier molecular flexibility index (Phi) is 5.63. The summed E-state index contributed by atoms with van der Waals surface area (Å²) in [4.78, 5) is 13.1. The zero-order valence-electron chi connectivity index (χ0n) is 22.2. The molecule has 5 aliphatic rings. The molecule has 0 aromatic heterocycles. The summed E-state index contributed by atoms with van der Waals surface area (Å²) in [5.41, 5.74) is -1.77. The third-order valence-electron chi connectivity index (χ3n) is 12.6. The van der Waals surface area contributed by atoms with Crippen molar-refractivity contribution in [1.29, 1.82) is 0 Å². The van der Waals surface area contributed by atoms with Gasteiger partial charge in [0.15, 0.2) is 5.78 Å². The van der Waals surface area contributed by atoms with Gasteiger partial charge >= 0.3 is 0 Å². The van der Waals surface area contributed by atoms with Gasteiger partial charge in [-0.25, -0.2) is 0 Å². The van der Waals surface area contributed by atoms with E-state index in [9.17, 15) is 30.3 Å². The normalized spacial score (nSPS) is 52.5. The molecule has 0 aromatic rings. The molecule has 2 unspecified atom stereocenters. The van der Waals surface area contributed by atoms with Crippen molar-refractivity contribution in [2.45, 2.75) is 104 Å². The third kappa shape index (κ3) is 2.98. The highest BCUT2D eigenvalue weighted by Gasteiger charge is 2.71. The Morgan fingerprint density at radius 2 is 1.57 bits per heavy atom. The molecular weight excluding hydrogens is 444 g/mol. The van der Waals surface area contributed by atoms with Gasteiger partial charge < -0.3 is 25.5 Å². The fraction of sp³-hybridized carbons (Fsp3) is 0.897.